The minimum atomic E-state index is -4.45. The molecule has 0 radical (unpaired) electrons. The van der Waals surface area contributed by atoms with Crippen LogP contribution in [0.1, 0.15) is 24.0 Å². The Kier molecular flexibility index (Phi) is 6.02. The maximum Gasteiger partial charge on any atom is 0.416 e. The van der Waals surface area contributed by atoms with Crippen LogP contribution in [0.5, 0.6) is 0 Å². The Morgan fingerprint density at radius 2 is 1.68 bits per heavy atom. The minimum absolute atomic E-state index is 0.0166. The highest BCUT2D eigenvalue weighted by atomic mass is 19.4. The van der Waals surface area contributed by atoms with Crippen molar-refractivity contribution in [2.24, 2.45) is 5.92 Å². The van der Waals surface area contributed by atoms with Gasteiger partial charge in [0.25, 0.3) is 0 Å². The van der Waals surface area contributed by atoms with E-state index in [-0.39, 0.29) is 23.4 Å². The molecule has 4 nitrogen and oxygen atoms in total. The molecule has 7 heteroatoms. The summed E-state index contributed by atoms with van der Waals surface area (Å²) in [6.45, 7) is 0.929. The molecule has 0 atom stereocenters. The maximum atomic E-state index is 12.8. The van der Waals surface area contributed by atoms with E-state index in [0.717, 1.165) is 17.7 Å². The van der Waals surface area contributed by atoms with E-state index in [1.807, 2.05) is 30.3 Å². The molecular weight excluding hydrogens is 369 g/mol. The number of nitrogens with one attached hydrogen (secondary N) is 1. The number of hydrogen-bond donors (Lipinski definition) is 1. The van der Waals surface area contributed by atoms with Crippen LogP contribution in [0.25, 0.3) is 0 Å². The average molecular weight is 390 g/mol. The quantitative estimate of drug-likeness (QED) is 0.854. The number of carbonyl (C=O) groups excluding carboxylic acids is 2. The van der Waals surface area contributed by atoms with Crippen LogP contribution >= 0.6 is 0 Å². The van der Waals surface area contributed by atoms with E-state index < -0.39 is 11.7 Å². The van der Waals surface area contributed by atoms with Crippen molar-refractivity contribution in [1.29, 1.82) is 0 Å². The molecule has 0 aliphatic carbocycles. The first-order chi connectivity index (χ1) is 13.3. The van der Waals surface area contributed by atoms with Gasteiger partial charge in [-0.3, -0.25) is 9.59 Å². The fourth-order valence-corrected chi connectivity index (χ4v) is 3.29. The summed E-state index contributed by atoms with van der Waals surface area (Å²) in [6.07, 6.45) is -3.15. The van der Waals surface area contributed by atoms with Gasteiger partial charge in [0.2, 0.25) is 11.8 Å². The molecule has 0 saturated carbocycles. The Balaban J connectivity index is 1.52. The van der Waals surface area contributed by atoms with Crippen molar-refractivity contribution in [2.75, 3.05) is 18.4 Å². The first-order valence-electron chi connectivity index (χ1n) is 9.13. The molecule has 2 aromatic carbocycles. The topological polar surface area (TPSA) is 49.4 Å². The molecule has 3 rings (SSSR count). The van der Waals surface area contributed by atoms with Crippen LogP contribution in [0.4, 0.5) is 18.9 Å². The van der Waals surface area contributed by atoms with Gasteiger partial charge in [-0.25, -0.2) is 0 Å². The zero-order valence-electron chi connectivity index (χ0n) is 15.2. The van der Waals surface area contributed by atoms with Crippen LogP contribution in [0, 0.1) is 5.92 Å². The van der Waals surface area contributed by atoms with Gasteiger partial charge >= 0.3 is 6.18 Å². The highest BCUT2D eigenvalue weighted by Gasteiger charge is 2.31. The van der Waals surface area contributed by atoms with Gasteiger partial charge in [-0.05, 0) is 36.6 Å². The maximum absolute atomic E-state index is 12.8. The van der Waals surface area contributed by atoms with Crippen LogP contribution in [-0.2, 0) is 22.2 Å². The molecule has 0 spiro atoms. The fourth-order valence-electron chi connectivity index (χ4n) is 3.29. The van der Waals surface area contributed by atoms with E-state index >= 15 is 0 Å². The lowest BCUT2D eigenvalue weighted by molar-refractivity contribution is -0.137. The van der Waals surface area contributed by atoms with Crippen LogP contribution in [0.15, 0.2) is 54.6 Å². The third-order valence-electron chi connectivity index (χ3n) is 4.87. The van der Waals surface area contributed by atoms with Gasteiger partial charge < -0.3 is 10.2 Å². The molecule has 1 N–H and O–H groups in total. The summed E-state index contributed by atoms with van der Waals surface area (Å²) in [5.41, 5.74) is 0.269. The van der Waals surface area contributed by atoms with E-state index in [9.17, 15) is 22.8 Å². The van der Waals surface area contributed by atoms with Crippen molar-refractivity contribution >= 4 is 17.5 Å². The molecule has 148 valence electrons. The number of alkyl halides is 3. The number of hydrogen-bond acceptors (Lipinski definition) is 2. The summed E-state index contributed by atoms with van der Waals surface area (Å²) >= 11 is 0. The number of halogens is 3. The lowest BCUT2D eigenvalue weighted by Gasteiger charge is -2.31. The van der Waals surface area contributed by atoms with Gasteiger partial charge in [-0.1, -0.05) is 36.4 Å². The summed E-state index contributed by atoms with van der Waals surface area (Å²) < 4.78 is 38.4. The minimum Gasteiger partial charge on any atom is -0.342 e. The van der Waals surface area contributed by atoms with Crippen molar-refractivity contribution in [3.63, 3.8) is 0 Å². The van der Waals surface area contributed by atoms with E-state index in [1.54, 1.807) is 4.90 Å². The molecule has 28 heavy (non-hydrogen) atoms. The third-order valence-corrected chi connectivity index (χ3v) is 4.87. The largest absolute Gasteiger partial charge is 0.416 e. The summed E-state index contributed by atoms with van der Waals surface area (Å²) in [6, 6.07) is 14.0. The molecule has 1 heterocycles. The van der Waals surface area contributed by atoms with Crippen LogP contribution in [0.2, 0.25) is 0 Å². The molecule has 1 aliphatic heterocycles. The number of likely N-dealkylation sites (tertiary alicyclic amines) is 1. The number of nitrogens with zero attached hydrogens (tertiary/aromatic N) is 1. The van der Waals surface area contributed by atoms with E-state index in [1.165, 1.54) is 12.1 Å². The standard InChI is InChI=1S/C21H21F3N2O2/c22-21(23,24)17-7-4-8-18(14-17)25-20(28)16-9-11-26(12-10-16)19(27)13-15-5-2-1-3-6-15/h1-8,14,16H,9-13H2,(H,25,28). The van der Waals surface area contributed by atoms with Crippen molar-refractivity contribution in [2.45, 2.75) is 25.4 Å². The average Bonchev–Trinajstić information content (AvgIpc) is 2.68. The second kappa shape index (κ2) is 8.46. The summed E-state index contributed by atoms with van der Waals surface area (Å²) in [7, 11) is 0. The summed E-state index contributed by atoms with van der Waals surface area (Å²) in [5, 5.41) is 2.57. The number of piperidine rings is 1. The Labute approximate surface area is 161 Å². The lowest BCUT2D eigenvalue weighted by atomic mass is 9.95. The molecule has 0 bridgehead atoms. The zero-order valence-corrected chi connectivity index (χ0v) is 15.2. The van der Waals surface area contributed by atoms with Gasteiger partial charge in [-0.2, -0.15) is 13.2 Å². The molecule has 0 aromatic heterocycles. The van der Waals surface area contributed by atoms with Gasteiger partial charge in [0, 0.05) is 24.7 Å². The fraction of sp³-hybridized carbons (Fsp3) is 0.333. The van der Waals surface area contributed by atoms with Crippen molar-refractivity contribution in [1.82, 2.24) is 4.90 Å². The Bertz CT molecular complexity index is 829. The highest BCUT2D eigenvalue weighted by molar-refractivity contribution is 5.92. The number of anilines is 1. The number of rotatable bonds is 4. The Morgan fingerprint density at radius 3 is 2.32 bits per heavy atom. The van der Waals surface area contributed by atoms with Crippen LogP contribution in [-0.4, -0.2) is 29.8 Å². The van der Waals surface area contributed by atoms with E-state index in [2.05, 4.69) is 5.32 Å². The van der Waals surface area contributed by atoms with Gasteiger partial charge in [0.05, 0.1) is 12.0 Å². The van der Waals surface area contributed by atoms with Crippen LogP contribution in [0.3, 0.4) is 0 Å². The number of benzene rings is 2. The van der Waals surface area contributed by atoms with Crippen LogP contribution < -0.4 is 5.32 Å². The molecule has 1 aliphatic rings. The van der Waals surface area contributed by atoms with Crippen molar-refractivity contribution in [3.05, 3.63) is 65.7 Å². The lowest BCUT2D eigenvalue weighted by Crippen LogP contribution is -2.42. The van der Waals surface area contributed by atoms with E-state index in [4.69, 9.17) is 0 Å². The summed E-state index contributed by atoms with van der Waals surface area (Å²) in [5.74, 6) is -0.618. The molecular formula is C21H21F3N2O2. The first-order valence-corrected chi connectivity index (χ1v) is 9.13. The predicted molar refractivity (Wildman–Crippen MR) is 99.5 cm³/mol. The first kappa shape index (κ1) is 19.9. The number of carbonyl (C=O) groups is 2. The smallest absolute Gasteiger partial charge is 0.342 e. The Morgan fingerprint density at radius 1 is 1.00 bits per heavy atom. The Hall–Kier alpha value is -2.83. The van der Waals surface area contributed by atoms with Gasteiger partial charge in [0.1, 0.15) is 0 Å². The van der Waals surface area contributed by atoms with Crippen molar-refractivity contribution in [3.8, 4) is 0 Å². The second-order valence-corrected chi connectivity index (χ2v) is 6.89. The molecule has 2 aromatic rings. The third kappa shape index (κ3) is 5.12. The molecule has 0 unspecified atom stereocenters. The van der Waals surface area contributed by atoms with Gasteiger partial charge in [-0.15, -0.1) is 0 Å². The number of amides is 2. The molecule has 2 amide bonds. The molecule has 1 fully saturated rings. The normalized spacial score (nSPS) is 15.3. The highest BCUT2D eigenvalue weighted by Crippen LogP contribution is 2.31. The van der Waals surface area contributed by atoms with E-state index in [0.29, 0.717) is 32.4 Å². The monoisotopic (exact) mass is 390 g/mol. The van der Waals surface area contributed by atoms with Crippen molar-refractivity contribution < 1.29 is 22.8 Å². The SMILES string of the molecule is O=C(Nc1cccc(C(F)(F)F)c1)C1CCN(C(=O)Cc2ccccc2)CC1. The summed E-state index contributed by atoms with van der Waals surface area (Å²) in [4.78, 5) is 26.5. The van der Waals surface area contributed by atoms with Gasteiger partial charge in [0.15, 0.2) is 0 Å². The zero-order chi connectivity index (χ0) is 20.1. The molecule has 1 saturated heterocycles. The predicted octanol–water partition coefficient (Wildman–Crippen LogP) is 4.13. The second-order valence-electron chi connectivity index (χ2n) is 6.89.